The van der Waals surface area contributed by atoms with E-state index in [1.807, 2.05) is 0 Å². The second-order valence-corrected chi connectivity index (χ2v) is 10.7. The molecule has 0 radical (unpaired) electrons. The van der Waals surface area contributed by atoms with Gasteiger partial charge in [0, 0.05) is 12.2 Å². The molecule has 2 aliphatic rings. The number of carbonyl (C=O) groups is 2. The van der Waals surface area contributed by atoms with Crippen LogP contribution in [0.5, 0.6) is 0 Å². The first-order valence-electron chi connectivity index (χ1n) is 11.8. The maximum absolute atomic E-state index is 13.2. The SMILES string of the molecule is O=C(C[C@H]1CC[C@H]2[C@@H](COC[C@@H](O)CN2C(=O)Nc2ccc(Cl)c(Cl)c2)O1)NCc1ccc(Cl)c(Cl)c1. The van der Waals surface area contributed by atoms with Crippen LogP contribution in [0.3, 0.4) is 0 Å². The quantitative estimate of drug-likeness (QED) is 0.447. The highest BCUT2D eigenvalue weighted by molar-refractivity contribution is 6.42. The molecule has 0 bridgehead atoms. The Bertz CT molecular complexity index is 1140. The molecule has 2 aliphatic heterocycles. The van der Waals surface area contributed by atoms with Gasteiger partial charge in [0.15, 0.2) is 0 Å². The van der Waals surface area contributed by atoms with Gasteiger partial charge in [-0.3, -0.25) is 4.79 Å². The van der Waals surface area contributed by atoms with Crippen LogP contribution in [-0.2, 0) is 20.8 Å². The summed E-state index contributed by atoms with van der Waals surface area (Å²) in [5.74, 6) is -0.161. The van der Waals surface area contributed by atoms with Crippen LogP contribution in [0.2, 0.25) is 20.1 Å². The molecule has 4 atom stereocenters. The van der Waals surface area contributed by atoms with Crippen LogP contribution in [0.4, 0.5) is 10.5 Å². The lowest BCUT2D eigenvalue weighted by molar-refractivity contribution is -0.149. The Morgan fingerprint density at radius 1 is 0.973 bits per heavy atom. The summed E-state index contributed by atoms with van der Waals surface area (Å²) in [5, 5.41) is 17.6. The van der Waals surface area contributed by atoms with Gasteiger partial charge in [0.05, 0.1) is 64.5 Å². The molecular formula is C25H27Cl4N3O5. The first kappa shape index (κ1) is 28.2. The predicted molar refractivity (Wildman–Crippen MR) is 144 cm³/mol. The van der Waals surface area contributed by atoms with Crippen molar-refractivity contribution in [2.24, 2.45) is 0 Å². The number of halogens is 4. The van der Waals surface area contributed by atoms with E-state index in [0.29, 0.717) is 45.2 Å². The number of fused-ring (bicyclic) bond motifs is 1. The van der Waals surface area contributed by atoms with Gasteiger partial charge >= 0.3 is 6.03 Å². The van der Waals surface area contributed by atoms with E-state index in [9.17, 15) is 14.7 Å². The molecule has 2 aromatic carbocycles. The maximum atomic E-state index is 13.2. The monoisotopic (exact) mass is 589 g/mol. The van der Waals surface area contributed by atoms with Crippen LogP contribution in [0.25, 0.3) is 0 Å². The summed E-state index contributed by atoms with van der Waals surface area (Å²) in [4.78, 5) is 27.4. The molecule has 3 amide bonds. The molecule has 2 saturated heterocycles. The molecule has 37 heavy (non-hydrogen) atoms. The Hall–Kier alpha value is -1.78. The van der Waals surface area contributed by atoms with Gasteiger partial charge in [0.25, 0.3) is 0 Å². The normalized spacial score (nSPS) is 24.0. The summed E-state index contributed by atoms with van der Waals surface area (Å²) in [7, 11) is 0. The molecule has 0 aromatic heterocycles. The minimum absolute atomic E-state index is 0.0674. The number of benzene rings is 2. The molecule has 0 aliphatic carbocycles. The molecular weight excluding hydrogens is 564 g/mol. The van der Waals surface area contributed by atoms with Gasteiger partial charge < -0.3 is 30.1 Å². The van der Waals surface area contributed by atoms with Crippen LogP contribution >= 0.6 is 46.4 Å². The van der Waals surface area contributed by atoms with Crippen molar-refractivity contribution in [1.82, 2.24) is 10.2 Å². The number of nitrogens with zero attached hydrogens (tertiary/aromatic N) is 1. The largest absolute Gasteiger partial charge is 0.389 e. The van der Waals surface area contributed by atoms with Crippen molar-refractivity contribution in [3.05, 3.63) is 62.1 Å². The van der Waals surface area contributed by atoms with E-state index in [1.165, 1.54) is 0 Å². The van der Waals surface area contributed by atoms with Crippen molar-refractivity contribution in [3.63, 3.8) is 0 Å². The van der Waals surface area contributed by atoms with Gasteiger partial charge in [-0.1, -0.05) is 52.5 Å². The number of anilines is 1. The number of rotatable bonds is 5. The van der Waals surface area contributed by atoms with Crippen molar-refractivity contribution in [1.29, 1.82) is 0 Å². The molecule has 200 valence electrons. The first-order valence-corrected chi connectivity index (χ1v) is 13.4. The fraction of sp³-hybridized carbons (Fsp3) is 0.440. The van der Waals surface area contributed by atoms with Crippen molar-refractivity contribution in [2.75, 3.05) is 25.1 Å². The Labute approximate surface area is 235 Å². The summed E-state index contributed by atoms with van der Waals surface area (Å²) in [5.41, 5.74) is 1.32. The van der Waals surface area contributed by atoms with Crippen LogP contribution < -0.4 is 10.6 Å². The summed E-state index contributed by atoms with van der Waals surface area (Å²) >= 11 is 24.0. The topological polar surface area (TPSA) is 100 Å². The zero-order valence-corrected chi connectivity index (χ0v) is 22.8. The van der Waals surface area contributed by atoms with Gasteiger partial charge in [-0.25, -0.2) is 4.79 Å². The van der Waals surface area contributed by atoms with Crippen molar-refractivity contribution >= 4 is 64.0 Å². The van der Waals surface area contributed by atoms with Gasteiger partial charge in [0.1, 0.15) is 6.10 Å². The highest BCUT2D eigenvalue weighted by Crippen LogP contribution is 2.30. The van der Waals surface area contributed by atoms with E-state index in [1.54, 1.807) is 41.3 Å². The van der Waals surface area contributed by atoms with E-state index in [4.69, 9.17) is 55.9 Å². The maximum Gasteiger partial charge on any atom is 0.322 e. The average Bonchev–Trinajstić information content (AvgIpc) is 2.85. The van der Waals surface area contributed by atoms with Crippen LogP contribution in [0.15, 0.2) is 36.4 Å². The Morgan fingerprint density at radius 2 is 1.70 bits per heavy atom. The summed E-state index contributed by atoms with van der Waals surface area (Å²) in [6.45, 7) is 0.655. The molecule has 8 nitrogen and oxygen atoms in total. The average molecular weight is 591 g/mol. The number of β-amino-alcohol motifs (C(OH)–C–C–N with tert-alkyl or cyclic N) is 1. The van der Waals surface area contributed by atoms with E-state index >= 15 is 0 Å². The fourth-order valence-corrected chi connectivity index (χ4v) is 5.09. The number of hydrogen-bond acceptors (Lipinski definition) is 5. The smallest absolute Gasteiger partial charge is 0.322 e. The highest BCUT2D eigenvalue weighted by atomic mass is 35.5. The highest BCUT2D eigenvalue weighted by Gasteiger charge is 2.40. The zero-order chi connectivity index (χ0) is 26.5. The number of ether oxygens (including phenoxy) is 2. The number of hydrogen-bond donors (Lipinski definition) is 3. The molecule has 2 heterocycles. The van der Waals surface area contributed by atoms with Crippen molar-refractivity contribution in [2.45, 2.75) is 50.2 Å². The third-order valence-electron chi connectivity index (χ3n) is 6.30. The summed E-state index contributed by atoms with van der Waals surface area (Å²) < 4.78 is 11.8. The molecule has 2 aromatic rings. The number of amides is 3. The van der Waals surface area contributed by atoms with Crippen molar-refractivity contribution in [3.8, 4) is 0 Å². The molecule has 0 saturated carbocycles. The fourth-order valence-electron chi connectivity index (χ4n) is 4.47. The minimum Gasteiger partial charge on any atom is -0.389 e. The van der Waals surface area contributed by atoms with E-state index in [0.717, 1.165) is 5.56 Å². The first-order chi connectivity index (χ1) is 17.7. The summed E-state index contributed by atoms with van der Waals surface area (Å²) in [6, 6.07) is 9.27. The molecule has 12 heteroatoms. The van der Waals surface area contributed by atoms with Gasteiger partial charge in [-0.05, 0) is 48.7 Å². The third kappa shape index (κ3) is 7.63. The van der Waals surface area contributed by atoms with E-state index < -0.39 is 18.2 Å². The van der Waals surface area contributed by atoms with E-state index in [2.05, 4.69) is 10.6 Å². The third-order valence-corrected chi connectivity index (χ3v) is 7.78. The predicted octanol–water partition coefficient (Wildman–Crippen LogP) is 5.15. The number of aliphatic hydroxyl groups is 1. The number of carbonyl (C=O) groups excluding carboxylic acids is 2. The number of urea groups is 1. The van der Waals surface area contributed by atoms with E-state index in [-0.39, 0.29) is 44.2 Å². The van der Waals surface area contributed by atoms with Gasteiger partial charge in [-0.15, -0.1) is 0 Å². The second-order valence-electron chi connectivity index (χ2n) is 9.07. The molecule has 2 fully saturated rings. The zero-order valence-electron chi connectivity index (χ0n) is 19.8. The number of aliphatic hydroxyl groups excluding tert-OH is 1. The Balaban J connectivity index is 1.36. The van der Waals surface area contributed by atoms with Crippen LogP contribution in [0.1, 0.15) is 24.8 Å². The molecule has 0 spiro atoms. The standard InChI is InChI=1S/C25H27Cl4N3O5/c26-18-4-1-14(7-20(18)28)10-30-24(34)9-17-3-6-22-23(37-17)13-36-12-16(33)11-32(22)25(35)31-15-2-5-19(27)21(29)8-15/h1-2,4-5,7-8,16-17,22-23,33H,3,6,9-13H2,(H,30,34)(H,31,35)/t16-,17+,22-,23+/m0/s1. The number of nitrogens with one attached hydrogen (secondary N) is 2. The molecule has 4 rings (SSSR count). The minimum atomic E-state index is -0.842. The lowest BCUT2D eigenvalue weighted by Gasteiger charge is -2.44. The van der Waals surface area contributed by atoms with Gasteiger partial charge in [0.2, 0.25) is 5.91 Å². The van der Waals surface area contributed by atoms with Crippen LogP contribution in [-0.4, -0.2) is 66.1 Å². The molecule has 3 N–H and O–H groups in total. The van der Waals surface area contributed by atoms with Crippen molar-refractivity contribution < 1.29 is 24.2 Å². The Kier molecular flexibility index (Phi) is 9.80. The van der Waals surface area contributed by atoms with Crippen LogP contribution in [0, 0.1) is 0 Å². The lowest BCUT2D eigenvalue weighted by Crippen LogP contribution is -2.58. The second kappa shape index (κ2) is 12.8. The molecule has 0 unspecified atom stereocenters. The Morgan fingerprint density at radius 3 is 2.43 bits per heavy atom. The van der Waals surface area contributed by atoms with Gasteiger partial charge in [-0.2, -0.15) is 0 Å². The summed E-state index contributed by atoms with van der Waals surface area (Å²) in [6.07, 6.45) is -0.307. The lowest BCUT2D eigenvalue weighted by atomic mass is 9.95.